The molecule has 14 heteroatoms. The smallest absolute Gasteiger partial charge is 0.214 e. The highest BCUT2D eigenvalue weighted by molar-refractivity contribution is 6.43. The number of hydrogen-bond acceptors (Lipinski definition) is 9. The highest BCUT2D eigenvalue weighted by Gasteiger charge is 2.20. The van der Waals surface area contributed by atoms with Gasteiger partial charge in [0.05, 0.1) is 68.6 Å². The summed E-state index contributed by atoms with van der Waals surface area (Å²) in [5, 5.41) is 10.6. The number of hydrogen-bond donors (Lipinski definition) is 0. The van der Waals surface area contributed by atoms with Crippen molar-refractivity contribution in [2.45, 2.75) is 25.7 Å². The minimum atomic E-state index is 0.568. The monoisotopic (exact) mass is 830 g/mol. The van der Waals surface area contributed by atoms with Crippen LogP contribution in [0.4, 0.5) is 11.4 Å². The Morgan fingerprint density at radius 2 is 1.16 bits per heavy atom. The van der Waals surface area contributed by atoms with Gasteiger partial charge in [-0.3, -0.25) is 14.6 Å². The maximum absolute atomic E-state index is 11.1. The summed E-state index contributed by atoms with van der Waals surface area (Å²) in [5.74, 6) is 1.47. The van der Waals surface area contributed by atoms with Gasteiger partial charge in [-0.1, -0.05) is 65.1 Å². The lowest BCUT2D eigenvalue weighted by molar-refractivity contribution is 0.112. The fraction of sp³-hybridized carbons (Fsp3) is 0.372. The van der Waals surface area contributed by atoms with Crippen LogP contribution in [-0.2, 0) is 0 Å². The second-order valence-corrected chi connectivity index (χ2v) is 15.4. The van der Waals surface area contributed by atoms with E-state index in [9.17, 15) is 4.79 Å². The van der Waals surface area contributed by atoms with Gasteiger partial charge >= 0.3 is 0 Å². The van der Waals surface area contributed by atoms with Gasteiger partial charge in [-0.25, -0.2) is 9.03 Å². The van der Waals surface area contributed by atoms with Crippen LogP contribution in [0.2, 0.25) is 15.1 Å². The first-order valence-electron chi connectivity index (χ1n) is 19.7. The molecule has 0 bridgehead atoms. The summed E-state index contributed by atoms with van der Waals surface area (Å²) < 4.78 is 15.3. The molecule has 300 valence electrons. The molecular formula is C43H49Cl3N8O3. The molecule has 6 aromatic rings. The van der Waals surface area contributed by atoms with Gasteiger partial charge < -0.3 is 19.3 Å². The molecule has 8 rings (SSSR count). The number of ether oxygens (including phenoxy) is 2. The van der Waals surface area contributed by atoms with Crippen molar-refractivity contribution in [3.8, 4) is 11.8 Å². The second kappa shape index (κ2) is 20.3. The Labute approximate surface area is 349 Å². The summed E-state index contributed by atoms with van der Waals surface area (Å²) in [7, 11) is 0. The zero-order valence-electron chi connectivity index (χ0n) is 32.1. The topological polar surface area (TPSA) is 83.1 Å². The van der Waals surface area contributed by atoms with Gasteiger partial charge in [0, 0.05) is 64.5 Å². The Kier molecular flexibility index (Phi) is 14.5. The number of aldehydes is 1. The summed E-state index contributed by atoms with van der Waals surface area (Å²) >= 11 is 18.8. The van der Waals surface area contributed by atoms with Crippen molar-refractivity contribution < 1.29 is 14.3 Å². The number of halogens is 3. The van der Waals surface area contributed by atoms with Crippen LogP contribution < -0.4 is 19.3 Å². The molecule has 6 heterocycles. The number of para-hydroxylation sites is 1. The van der Waals surface area contributed by atoms with Crippen LogP contribution >= 0.6 is 34.8 Å². The van der Waals surface area contributed by atoms with Crippen molar-refractivity contribution in [3.63, 3.8) is 0 Å². The van der Waals surface area contributed by atoms with E-state index in [4.69, 9.17) is 44.3 Å². The Morgan fingerprint density at radius 1 is 0.579 bits per heavy atom. The van der Waals surface area contributed by atoms with Crippen LogP contribution in [-0.4, -0.2) is 114 Å². The van der Waals surface area contributed by atoms with Crippen molar-refractivity contribution in [1.29, 1.82) is 0 Å². The Morgan fingerprint density at radius 3 is 1.82 bits per heavy atom. The average Bonchev–Trinajstić information content (AvgIpc) is 3.91. The van der Waals surface area contributed by atoms with Crippen LogP contribution in [0.25, 0.3) is 11.0 Å². The number of carbonyl (C=O) groups excluding carboxylic acids is 1. The lowest BCUT2D eigenvalue weighted by atomic mass is 10.2. The molecule has 2 aliphatic rings. The van der Waals surface area contributed by atoms with Crippen molar-refractivity contribution in [2.75, 3.05) is 88.5 Å². The van der Waals surface area contributed by atoms with E-state index in [0.717, 1.165) is 137 Å². The van der Waals surface area contributed by atoms with E-state index in [1.54, 1.807) is 16.9 Å². The highest BCUT2D eigenvalue weighted by atomic mass is 35.5. The maximum Gasteiger partial charge on any atom is 0.214 e. The van der Waals surface area contributed by atoms with Crippen LogP contribution in [0.1, 0.15) is 36.0 Å². The predicted octanol–water partition coefficient (Wildman–Crippen LogP) is 8.40. The fourth-order valence-electron chi connectivity index (χ4n) is 7.34. The summed E-state index contributed by atoms with van der Waals surface area (Å²) in [5.41, 5.74) is 4.56. The minimum Gasteiger partial charge on any atom is -0.478 e. The number of carbonyl (C=O) groups is 1. The number of fused-ring (bicyclic) bond motifs is 2. The summed E-state index contributed by atoms with van der Waals surface area (Å²) in [6.45, 7) is 11.6. The Bertz CT molecular complexity index is 2200. The lowest BCUT2D eigenvalue weighted by Crippen LogP contribution is -2.46. The molecule has 11 nitrogen and oxygen atoms in total. The largest absolute Gasteiger partial charge is 0.478 e. The molecule has 0 atom stereocenters. The van der Waals surface area contributed by atoms with E-state index in [1.165, 1.54) is 0 Å². The summed E-state index contributed by atoms with van der Waals surface area (Å²) in [4.78, 5) is 20.7. The molecular weight excluding hydrogens is 783 g/mol. The van der Waals surface area contributed by atoms with Gasteiger partial charge in [-0.2, -0.15) is 10.2 Å². The number of nitrogens with zero attached hydrogens (tertiary/aromatic N) is 8. The molecule has 0 spiro atoms. The molecule has 0 saturated carbocycles. The quantitative estimate of drug-likeness (QED) is 0.0749. The first-order valence-corrected chi connectivity index (χ1v) is 20.9. The van der Waals surface area contributed by atoms with Crippen LogP contribution in [0.15, 0.2) is 97.3 Å². The molecule has 2 saturated heterocycles. The van der Waals surface area contributed by atoms with Crippen LogP contribution in [0.5, 0.6) is 11.8 Å². The molecule has 57 heavy (non-hydrogen) atoms. The first-order chi connectivity index (χ1) is 28.0. The SMILES string of the molecule is Clc1ccccc1N1CCN(CCCCOc2cccc3ccnn23)CC1.O=Cc1cnn2c(OCCCCN3CCN(c4cccc(Cl)c4Cl)CC3)cccc12. The molecule has 2 fully saturated rings. The number of benzene rings is 2. The van der Waals surface area contributed by atoms with Crippen LogP contribution in [0.3, 0.4) is 0 Å². The molecule has 0 unspecified atom stereocenters. The highest BCUT2D eigenvalue weighted by Crippen LogP contribution is 2.33. The summed E-state index contributed by atoms with van der Waals surface area (Å²) in [6.07, 6.45) is 8.37. The number of aromatic nitrogens is 4. The zero-order valence-corrected chi connectivity index (χ0v) is 34.3. The van der Waals surface area contributed by atoms with Gasteiger partial charge in [0.2, 0.25) is 11.8 Å². The van der Waals surface area contributed by atoms with Gasteiger partial charge in [-0.15, -0.1) is 0 Å². The number of piperazine rings is 2. The number of rotatable bonds is 15. The number of pyridine rings is 2. The van der Waals surface area contributed by atoms with Crippen molar-refractivity contribution >= 4 is 63.5 Å². The van der Waals surface area contributed by atoms with E-state index >= 15 is 0 Å². The molecule has 2 aromatic carbocycles. The zero-order chi connectivity index (χ0) is 39.4. The molecule has 0 N–H and O–H groups in total. The van der Waals surface area contributed by atoms with Gasteiger partial charge in [-0.05, 0) is 81.2 Å². The predicted molar refractivity (Wildman–Crippen MR) is 230 cm³/mol. The van der Waals surface area contributed by atoms with E-state index in [1.807, 2.05) is 77.3 Å². The number of anilines is 2. The van der Waals surface area contributed by atoms with E-state index in [0.29, 0.717) is 28.1 Å². The molecule has 2 aliphatic heterocycles. The maximum atomic E-state index is 11.1. The van der Waals surface area contributed by atoms with Crippen molar-refractivity contribution in [1.82, 2.24) is 29.0 Å². The van der Waals surface area contributed by atoms with E-state index < -0.39 is 0 Å². The third kappa shape index (κ3) is 10.5. The van der Waals surface area contributed by atoms with Crippen molar-refractivity contribution in [2.24, 2.45) is 0 Å². The third-order valence-electron chi connectivity index (χ3n) is 10.5. The Balaban J connectivity index is 0.000000175. The van der Waals surface area contributed by atoms with Gasteiger partial charge in [0.25, 0.3) is 0 Å². The Hall–Kier alpha value is -4.52. The molecule has 0 radical (unpaired) electrons. The molecule has 0 amide bonds. The van der Waals surface area contributed by atoms with Gasteiger partial charge in [0.15, 0.2) is 6.29 Å². The number of unbranched alkanes of at least 4 members (excludes halogenated alkanes) is 2. The second-order valence-electron chi connectivity index (χ2n) is 14.2. The minimum absolute atomic E-state index is 0.568. The summed E-state index contributed by atoms with van der Waals surface area (Å²) in [6, 6.07) is 27.5. The average molecular weight is 832 g/mol. The molecule has 4 aromatic heterocycles. The van der Waals surface area contributed by atoms with Gasteiger partial charge in [0.1, 0.15) is 0 Å². The third-order valence-corrected chi connectivity index (χ3v) is 11.6. The van der Waals surface area contributed by atoms with Crippen molar-refractivity contribution in [3.05, 3.63) is 118 Å². The normalized spacial score (nSPS) is 15.1. The van der Waals surface area contributed by atoms with Crippen LogP contribution in [0, 0.1) is 0 Å². The lowest BCUT2D eigenvalue weighted by Gasteiger charge is -2.36. The fourth-order valence-corrected chi connectivity index (χ4v) is 8.01. The van der Waals surface area contributed by atoms with E-state index in [2.05, 4.69) is 41.9 Å². The van der Waals surface area contributed by atoms with E-state index in [-0.39, 0.29) is 0 Å². The standard InChI is InChI=1S/C22H24Cl2N4O2.C21H25ClN4O/c23-18-5-3-7-20(22(18)24)27-12-10-26(11-13-27)9-1-2-14-30-21-8-4-6-19-17(16-29)15-25-28(19)21;22-19-7-1-2-8-20(19)25-15-13-24(14-16-25)12-3-4-17-27-21-9-5-6-18-10-11-23-26(18)21/h3-8,15-16H,1-2,9-14H2;1-2,5-11H,3-4,12-17H2. The molecule has 0 aliphatic carbocycles. The first kappa shape index (κ1) is 40.7.